The predicted molar refractivity (Wildman–Crippen MR) is 87.1 cm³/mol. The predicted octanol–water partition coefficient (Wildman–Crippen LogP) is 2.98. The van der Waals surface area contributed by atoms with Crippen molar-refractivity contribution in [3.05, 3.63) is 59.2 Å². The van der Waals surface area contributed by atoms with E-state index < -0.39 is 11.6 Å². The van der Waals surface area contributed by atoms with Crippen LogP contribution >= 0.6 is 0 Å². The van der Waals surface area contributed by atoms with E-state index in [2.05, 4.69) is 0 Å². The first-order valence-corrected chi connectivity index (χ1v) is 7.55. The molecule has 0 heterocycles. The Morgan fingerprint density at radius 1 is 0.958 bits per heavy atom. The van der Waals surface area contributed by atoms with Gasteiger partial charge < -0.3 is 14.6 Å². The van der Waals surface area contributed by atoms with E-state index in [1.165, 1.54) is 12.1 Å². The SMILES string of the molecule is COc1ccc(OC)c(CN(CCO)Cc2ccc(F)cc2F)c1. The molecule has 4 nitrogen and oxygen atoms in total. The molecule has 2 aromatic rings. The van der Waals surface area contributed by atoms with Gasteiger partial charge in [-0.3, -0.25) is 4.90 Å². The van der Waals surface area contributed by atoms with E-state index in [-0.39, 0.29) is 13.2 Å². The summed E-state index contributed by atoms with van der Waals surface area (Å²) in [5, 5.41) is 9.28. The Morgan fingerprint density at radius 2 is 1.71 bits per heavy atom. The number of nitrogens with zero attached hydrogens (tertiary/aromatic N) is 1. The van der Waals surface area contributed by atoms with Crippen molar-refractivity contribution in [2.24, 2.45) is 0 Å². The highest BCUT2D eigenvalue weighted by atomic mass is 19.1. The van der Waals surface area contributed by atoms with Crippen LogP contribution in [-0.2, 0) is 13.1 Å². The van der Waals surface area contributed by atoms with Crippen LogP contribution in [0.2, 0.25) is 0 Å². The topological polar surface area (TPSA) is 41.9 Å². The lowest BCUT2D eigenvalue weighted by Crippen LogP contribution is -2.26. The van der Waals surface area contributed by atoms with Gasteiger partial charge in [0, 0.05) is 36.8 Å². The standard InChI is InChI=1S/C18H21F2NO3/c1-23-16-5-6-18(24-2)14(9-16)12-21(7-8-22)11-13-3-4-15(19)10-17(13)20/h3-6,9-10,22H,7-8,11-12H2,1-2H3. The zero-order chi connectivity index (χ0) is 17.5. The van der Waals surface area contributed by atoms with Crippen LogP contribution in [0.4, 0.5) is 8.78 Å². The van der Waals surface area contributed by atoms with E-state index in [4.69, 9.17) is 9.47 Å². The number of rotatable bonds is 8. The lowest BCUT2D eigenvalue weighted by molar-refractivity contribution is 0.181. The summed E-state index contributed by atoms with van der Waals surface area (Å²) in [6.07, 6.45) is 0. The van der Waals surface area contributed by atoms with Crippen molar-refractivity contribution in [2.45, 2.75) is 13.1 Å². The van der Waals surface area contributed by atoms with Crippen LogP contribution in [0.15, 0.2) is 36.4 Å². The molecule has 2 rings (SSSR count). The van der Waals surface area contributed by atoms with Crippen LogP contribution in [0.25, 0.3) is 0 Å². The van der Waals surface area contributed by atoms with E-state index >= 15 is 0 Å². The normalized spacial score (nSPS) is 10.9. The average molecular weight is 337 g/mol. The van der Waals surface area contributed by atoms with Gasteiger partial charge in [0.15, 0.2) is 0 Å². The molecule has 0 amide bonds. The maximum absolute atomic E-state index is 13.9. The number of ether oxygens (including phenoxy) is 2. The zero-order valence-corrected chi connectivity index (χ0v) is 13.8. The highest BCUT2D eigenvalue weighted by Gasteiger charge is 2.14. The maximum Gasteiger partial charge on any atom is 0.130 e. The quantitative estimate of drug-likeness (QED) is 0.804. The highest BCUT2D eigenvalue weighted by Crippen LogP contribution is 2.26. The van der Waals surface area contributed by atoms with Gasteiger partial charge >= 0.3 is 0 Å². The van der Waals surface area contributed by atoms with Crippen molar-refractivity contribution in [3.8, 4) is 11.5 Å². The molecule has 130 valence electrons. The Morgan fingerprint density at radius 3 is 2.33 bits per heavy atom. The summed E-state index contributed by atoms with van der Waals surface area (Å²) in [6, 6.07) is 8.92. The molecule has 0 aromatic heterocycles. The van der Waals surface area contributed by atoms with E-state index in [1.54, 1.807) is 26.4 Å². The smallest absolute Gasteiger partial charge is 0.130 e. The Kier molecular flexibility index (Phi) is 6.52. The summed E-state index contributed by atoms with van der Waals surface area (Å²) >= 11 is 0. The second-order valence-electron chi connectivity index (χ2n) is 5.35. The monoisotopic (exact) mass is 337 g/mol. The van der Waals surface area contributed by atoms with E-state index in [0.29, 0.717) is 30.2 Å². The Labute approximate surface area is 140 Å². The third kappa shape index (κ3) is 4.66. The van der Waals surface area contributed by atoms with Crippen molar-refractivity contribution >= 4 is 0 Å². The highest BCUT2D eigenvalue weighted by molar-refractivity contribution is 5.40. The number of hydrogen-bond donors (Lipinski definition) is 1. The fraction of sp³-hybridized carbons (Fsp3) is 0.333. The number of methoxy groups -OCH3 is 2. The van der Waals surface area contributed by atoms with Gasteiger partial charge in [0.25, 0.3) is 0 Å². The largest absolute Gasteiger partial charge is 0.497 e. The molecular formula is C18H21F2NO3. The summed E-state index contributed by atoms with van der Waals surface area (Å²) in [7, 11) is 3.15. The minimum atomic E-state index is -0.612. The molecule has 0 unspecified atom stereocenters. The van der Waals surface area contributed by atoms with Gasteiger partial charge in [0.05, 0.1) is 20.8 Å². The summed E-state index contributed by atoms with van der Waals surface area (Å²) in [4.78, 5) is 1.85. The number of aliphatic hydroxyl groups is 1. The third-order valence-corrected chi connectivity index (χ3v) is 3.71. The lowest BCUT2D eigenvalue weighted by atomic mass is 10.1. The van der Waals surface area contributed by atoms with Crippen molar-refractivity contribution in [1.82, 2.24) is 4.90 Å². The summed E-state index contributed by atoms with van der Waals surface area (Å²) < 4.78 is 37.5. The van der Waals surface area contributed by atoms with Crippen LogP contribution in [0.1, 0.15) is 11.1 Å². The van der Waals surface area contributed by atoms with Crippen LogP contribution in [0.5, 0.6) is 11.5 Å². The van der Waals surface area contributed by atoms with Crippen LogP contribution in [0.3, 0.4) is 0 Å². The van der Waals surface area contributed by atoms with Crippen LogP contribution in [0, 0.1) is 11.6 Å². The molecule has 0 atom stereocenters. The second kappa shape index (κ2) is 8.61. The van der Waals surface area contributed by atoms with Crippen LogP contribution < -0.4 is 9.47 Å². The molecule has 0 fully saturated rings. The van der Waals surface area contributed by atoms with Crippen molar-refractivity contribution in [3.63, 3.8) is 0 Å². The summed E-state index contributed by atoms with van der Waals surface area (Å²) in [5.74, 6) is 0.149. The molecule has 0 spiro atoms. The fourth-order valence-electron chi connectivity index (χ4n) is 2.49. The second-order valence-corrected chi connectivity index (χ2v) is 5.35. The van der Waals surface area contributed by atoms with Crippen molar-refractivity contribution in [2.75, 3.05) is 27.4 Å². The van der Waals surface area contributed by atoms with Crippen LogP contribution in [-0.4, -0.2) is 37.4 Å². The number of aliphatic hydroxyl groups excluding tert-OH is 1. The molecular weight excluding hydrogens is 316 g/mol. The van der Waals surface area contributed by atoms with Gasteiger partial charge in [-0.05, 0) is 24.3 Å². The molecule has 0 saturated heterocycles. The van der Waals surface area contributed by atoms with E-state index in [9.17, 15) is 13.9 Å². The van der Waals surface area contributed by atoms with E-state index in [0.717, 1.165) is 11.6 Å². The number of hydrogen-bond acceptors (Lipinski definition) is 4. The third-order valence-electron chi connectivity index (χ3n) is 3.71. The Balaban J connectivity index is 2.22. The molecule has 2 aromatic carbocycles. The molecule has 24 heavy (non-hydrogen) atoms. The lowest BCUT2D eigenvalue weighted by Gasteiger charge is -2.23. The summed E-state index contributed by atoms with van der Waals surface area (Å²) in [5.41, 5.74) is 1.22. The van der Waals surface area contributed by atoms with E-state index in [1.807, 2.05) is 11.0 Å². The number of benzene rings is 2. The number of halogens is 2. The van der Waals surface area contributed by atoms with Gasteiger partial charge in [-0.25, -0.2) is 8.78 Å². The molecule has 0 bridgehead atoms. The minimum Gasteiger partial charge on any atom is -0.497 e. The average Bonchev–Trinajstić information content (AvgIpc) is 2.57. The van der Waals surface area contributed by atoms with Crippen molar-refractivity contribution in [1.29, 1.82) is 0 Å². The molecule has 0 aliphatic carbocycles. The fourth-order valence-corrected chi connectivity index (χ4v) is 2.49. The first kappa shape index (κ1) is 18.2. The minimum absolute atomic E-state index is 0.0743. The first-order valence-electron chi connectivity index (χ1n) is 7.55. The molecule has 1 N–H and O–H groups in total. The Bertz CT molecular complexity index is 679. The molecule has 0 radical (unpaired) electrons. The molecule has 6 heteroatoms. The zero-order valence-electron chi connectivity index (χ0n) is 13.8. The van der Waals surface area contributed by atoms with Gasteiger partial charge in [0.2, 0.25) is 0 Å². The summed E-state index contributed by atoms with van der Waals surface area (Å²) in [6.45, 7) is 0.942. The molecule has 0 aliphatic rings. The van der Waals surface area contributed by atoms with Gasteiger partial charge in [0.1, 0.15) is 23.1 Å². The van der Waals surface area contributed by atoms with Gasteiger partial charge in [-0.15, -0.1) is 0 Å². The van der Waals surface area contributed by atoms with Gasteiger partial charge in [-0.1, -0.05) is 6.07 Å². The maximum atomic E-state index is 13.9. The first-order chi connectivity index (χ1) is 11.6. The molecule has 0 saturated carbocycles. The Hall–Kier alpha value is -2.18. The van der Waals surface area contributed by atoms with Gasteiger partial charge in [-0.2, -0.15) is 0 Å². The molecule has 0 aliphatic heterocycles. The van der Waals surface area contributed by atoms with Crippen molar-refractivity contribution < 1.29 is 23.4 Å².